The summed E-state index contributed by atoms with van der Waals surface area (Å²) in [6.07, 6.45) is 2.39. The van der Waals surface area contributed by atoms with Crippen molar-refractivity contribution in [1.82, 2.24) is 5.32 Å². The van der Waals surface area contributed by atoms with Crippen LogP contribution in [0, 0.1) is 0 Å². The Bertz CT molecular complexity index is 1310. The number of halogens is 1. The van der Waals surface area contributed by atoms with Gasteiger partial charge >= 0.3 is 0 Å². The summed E-state index contributed by atoms with van der Waals surface area (Å²) in [4.78, 5) is 27.4. The number of methoxy groups -OCH3 is 1. The molecule has 0 saturated carbocycles. The van der Waals surface area contributed by atoms with Crippen LogP contribution in [0.1, 0.15) is 23.6 Å². The third-order valence-corrected chi connectivity index (χ3v) is 6.50. The van der Waals surface area contributed by atoms with Gasteiger partial charge in [0.25, 0.3) is 11.8 Å². The lowest BCUT2D eigenvalue weighted by Crippen LogP contribution is -2.54. The molecule has 1 saturated heterocycles. The second kappa shape index (κ2) is 10.8. The standard InChI is InChI=1S/C27H23BrN2O4S/c1-3-17-9-11-20(12-10-17)30-26(32)21(25(31)29-27(30)35)13-19-14-23(33-2)24(15-22(19)28)34-16-18-7-5-4-6-8-18/h4-15H,3,16H2,1-2H3,(H,29,31,35)/b21-13+. The van der Waals surface area contributed by atoms with Crippen molar-refractivity contribution in [3.8, 4) is 11.5 Å². The number of ether oxygens (including phenoxy) is 2. The van der Waals surface area contributed by atoms with E-state index >= 15 is 0 Å². The van der Waals surface area contributed by atoms with Crippen molar-refractivity contribution in [3.05, 3.63) is 93.5 Å². The summed E-state index contributed by atoms with van der Waals surface area (Å²) in [5.41, 5.74) is 3.28. The van der Waals surface area contributed by atoms with Gasteiger partial charge in [0.15, 0.2) is 16.6 Å². The molecule has 1 fully saturated rings. The van der Waals surface area contributed by atoms with Crippen LogP contribution in [-0.2, 0) is 22.6 Å². The van der Waals surface area contributed by atoms with E-state index in [0.29, 0.717) is 33.8 Å². The van der Waals surface area contributed by atoms with Crippen LogP contribution in [0.25, 0.3) is 6.08 Å². The summed E-state index contributed by atoms with van der Waals surface area (Å²) in [6.45, 7) is 2.42. The van der Waals surface area contributed by atoms with Gasteiger partial charge in [0.1, 0.15) is 12.2 Å². The maximum atomic E-state index is 13.3. The van der Waals surface area contributed by atoms with E-state index in [9.17, 15) is 9.59 Å². The number of hydrogen-bond donors (Lipinski definition) is 1. The van der Waals surface area contributed by atoms with Gasteiger partial charge in [0.05, 0.1) is 12.8 Å². The fourth-order valence-corrected chi connectivity index (χ4v) is 4.32. The SMILES string of the molecule is CCc1ccc(N2C(=O)/C(=C/c3cc(OC)c(OCc4ccccc4)cc3Br)C(=O)NC2=S)cc1. The molecular formula is C27H23BrN2O4S. The Morgan fingerprint density at radius 3 is 2.37 bits per heavy atom. The minimum atomic E-state index is -0.559. The maximum Gasteiger partial charge on any atom is 0.270 e. The number of anilines is 1. The summed E-state index contributed by atoms with van der Waals surface area (Å²) >= 11 is 8.82. The van der Waals surface area contributed by atoms with E-state index in [2.05, 4.69) is 28.2 Å². The first-order chi connectivity index (χ1) is 16.9. The van der Waals surface area contributed by atoms with Crippen molar-refractivity contribution < 1.29 is 19.1 Å². The van der Waals surface area contributed by atoms with E-state index in [1.807, 2.05) is 54.6 Å². The number of amides is 2. The van der Waals surface area contributed by atoms with Crippen molar-refractivity contribution in [3.63, 3.8) is 0 Å². The highest BCUT2D eigenvalue weighted by atomic mass is 79.9. The second-order valence-electron chi connectivity index (χ2n) is 7.78. The number of nitrogens with zero attached hydrogens (tertiary/aromatic N) is 1. The molecule has 6 nitrogen and oxygen atoms in total. The third kappa shape index (κ3) is 5.44. The van der Waals surface area contributed by atoms with Gasteiger partial charge in [-0.2, -0.15) is 0 Å². The molecule has 0 aromatic heterocycles. The zero-order valence-electron chi connectivity index (χ0n) is 19.2. The quantitative estimate of drug-likeness (QED) is 0.241. The zero-order chi connectivity index (χ0) is 24.9. The highest BCUT2D eigenvalue weighted by molar-refractivity contribution is 9.10. The average molecular weight is 551 g/mol. The predicted octanol–water partition coefficient (Wildman–Crippen LogP) is 5.43. The number of carbonyl (C=O) groups is 2. The van der Waals surface area contributed by atoms with Crippen molar-refractivity contribution in [2.45, 2.75) is 20.0 Å². The molecule has 3 aromatic rings. The summed E-state index contributed by atoms with van der Waals surface area (Å²) in [5, 5.41) is 2.66. The van der Waals surface area contributed by atoms with Gasteiger partial charge in [-0.05, 0) is 65.7 Å². The number of thiocarbonyl (C=S) groups is 1. The molecule has 0 bridgehead atoms. The topological polar surface area (TPSA) is 67.9 Å². The normalized spacial score (nSPS) is 14.8. The van der Waals surface area contributed by atoms with Crippen LogP contribution in [0.4, 0.5) is 5.69 Å². The molecule has 1 aliphatic heterocycles. The molecule has 8 heteroatoms. The van der Waals surface area contributed by atoms with Crippen LogP contribution >= 0.6 is 28.1 Å². The molecule has 0 aliphatic carbocycles. The predicted molar refractivity (Wildman–Crippen MR) is 143 cm³/mol. The van der Waals surface area contributed by atoms with Crippen LogP contribution in [-0.4, -0.2) is 24.0 Å². The van der Waals surface area contributed by atoms with Crippen molar-refractivity contribution >= 4 is 56.8 Å². The third-order valence-electron chi connectivity index (χ3n) is 5.52. The van der Waals surface area contributed by atoms with E-state index < -0.39 is 11.8 Å². The number of rotatable bonds is 7. The monoisotopic (exact) mass is 550 g/mol. The molecule has 178 valence electrons. The van der Waals surface area contributed by atoms with Crippen LogP contribution in [0.3, 0.4) is 0 Å². The smallest absolute Gasteiger partial charge is 0.270 e. The number of nitrogens with one attached hydrogen (secondary N) is 1. The van der Waals surface area contributed by atoms with Gasteiger partial charge in [-0.15, -0.1) is 0 Å². The molecular weight excluding hydrogens is 528 g/mol. The van der Waals surface area contributed by atoms with Crippen molar-refractivity contribution in [2.75, 3.05) is 12.0 Å². The molecule has 0 radical (unpaired) electrons. The molecule has 1 aliphatic rings. The van der Waals surface area contributed by atoms with Gasteiger partial charge < -0.3 is 9.47 Å². The van der Waals surface area contributed by atoms with Gasteiger partial charge in [0.2, 0.25) is 0 Å². The Hall–Kier alpha value is -3.49. The van der Waals surface area contributed by atoms with Gasteiger partial charge in [-0.1, -0.05) is 65.3 Å². The highest BCUT2D eigenvalue weighted by Gasteiger charge is 2.34. The molecule has 2 amide bonds. The number of hydrogen-bond acceptors (Lipinski definition) is 5. The molecule has 1 heterocycles. The van der Waals surface area contributed by atoms with Crippen LogP contribution < -0.4 is 19.7 Å². The number of benzene rings is 3. The zero-order valence-corrected chi connectivity index (χ0v) is 21.6. The summed E-state index contributed by atoms with van der Waals surface area (Å²) in [5.74, 6) is -0.0548. The molecule has 0 atom stereocenters. The Morgan fingerprint density at radius 2 is 1.71 bits per heavy atom. The van der Waals surface area contributed by atoms with Crippen LogP contribution in [0.2, 0.25) is 0 Å². The first kappa shape index (κ1) is 24.6. The lowest BCUT2D eigenvalue weighted by molar-refractivity contribution is -0.122. The van der Waals surface area contributed by atoms with Gasteiger partial charge in [-0.3, -0.25) is 19.8 Å². The molecule has 3 aromatic carbocycles. The van der Waals surface area contributed by atoms with Crippen LogP contribution in [0.15, 0.2) is 76.8 Å². The molecule has 1 N–H and O–H groups in total. The van der Waals surface area contributed by atoms with E-state index in [4.69, 9.17) is 21.7 Å². The highest BCUT2D eigenvalue weighted by Crippen LogP contribution is 2.35. The largest absolute Gasteiger partial charge is 0.493 e. The minimum absolute atomic E-state index is 0.0427. The number of carbonyl (C=O) groups excluding carboxylic acids is 2. The molecule has 0 unspecified atom stereocenters. The Balaban J connectivity index is 1.64. The molecule has 35 heavy (non-hydrogen) atoms. The minimum Gasteiger partial charge on any atom is -0.493 e. The molecule has 0 spiro atoms. The fourth-order valence-electron chi connectivity index (χ4n) is 3.60. The van der Waals surface area contributed by atoms with Crippen molar-refractivity contribution in [1.29, 1.82) is 0 Å². The van der Waals surface area contributed by atoms with Crippen molar-refractivity contribution in [2.24, 2.45) is 0 Å². The summed E-state index contributed by atoms with van der Waals surface area (Å²) in [6, 6.07) is 20.7. The molecule has 4 rings (SSSR count). The lowest BCUT2D eigenvalue weighted by atomic mass is 10.1. The van der Waals surface area contributed by atoms with Gasteiger partial charge in [-0.25, -0.2) is 0 Å². The Morgan fingerprint density at radius 1 is 1.00 bits per heavy atom. The lowest BCUT2D eigenvalue weighted by Gasteiger charge is -2.29. The Labute approximate surface area is 217 Å². The summed E-state index contributed by atoms with van der Waals surface area (Å²) in [7, 11) is 1.54. The van der Waals surface area contributed by atoms with E-state index in [-0.39, 0.29) is 10.7 Å². The van der Waals surface area contributed by atoms with E-state index in [0.717, 1.165) is 17.5 Å². The average Bonchev–Trinajstić information content (AvgIpc) is 2.87. The van der Waals surface area contributed by atoms with Gasteiger partial charge in [0, 0.05) is 4.47 Å². The van der Waals surface area contributed by atoms with E-state index in [1.54, 1.807) is 12.1 Å². The first-order valence-electron chi connectivity index (χ1n) is 11.0. The fraction of sp³-hybridized carbons (Fsp3) is 0.148. The van der Waals surface area contributed by atoms with E-state index in [1.165, 1.54) is 18.1 Å². The maximum absolute atomic E-state index is 13.3. The first-order valence-corrected chi connectivity index (χ1v) is 12.2. The Kier molecular flexibility index (Phi) is 7.63. The van der Waals surface area contributed by atoms with Crippen LogP contribution in [0.5, 0.6) is 11.5 Å². The number of aryl methyl sites for hydroxylation is 1. The summed E-state index contributed by atoms with van der Waals surface area (Å²) < 4.78 is 12.1. The second-order valence-corrected chi connectivity index (χ2v) is 9.02.